The quantitative estimate of drug-likeness (QED) is 0.772. The molecule has 0 aliphatic carbocycles. The van der Waals surface area contributed by atoms with E-state index < -0.39 is 16.1 Å². The zero-order valence-electron chi connectivity index (χ0n) is 9.76. The van der Waals surface area contributed by atoms with E-state index in [4.69, 9.17) is 0 Å². The van der Waals surface area contributed by atoms with Crippen LogP contribution in [0.4, 0.5) is 0 Å². The Morgan fingerprint density at radius 3 is 2.56 bits per heavy atom. The number of carbonyl (C=O) groups is 1. The summed E-state index contributed by atoms with van der Waals surface area (Å²) in [5, 5.41) is 2.65. The highest BCUT2D eigenvalue weighted by atomic mass is 127. The maximum Gasteiger partial charge on any atom is 0.243 e. The van der Waals surface area contributed by atoms with Gasteiger partial charge < -0.3 is 5.32 Å². The molecule has 2 rings (SSSR count). The van der Waals surface area contributed by atoms with Gasteiger partial charge in [-0.25, -0.2) is 8.42 Å². The fraction of sp³-hybridized carbons (Fsp3) is 0.364. The van der Waals surface area contributed by atoms with Crippen LogP contribution in [0.15, 0.2) is 29.2 Å². The summed E-state index contributed by atoms with van der Waals surface area (Å²) in [5.41, 5.74) is 0. The van der Waals surface area contributed by atoms with Crippen molar-refractivity contribution in [3.05, 3.63) is 27.8 Å². The standard InChI is InChI=1S/C11H13IN2O3S/c1-8-11(15)13-6-7-14(8)18(16,17)10-4-2-9(12)3-5-10/h2-5,8H,6-7H2,1H3,(H,13,15). The average Bonchev–Trinajstić information content (AvgIpc) is 2.33. The molecule has 1 unspecified atom stereocenters. The summed E-state index contributed by atoms with van der Waals surface area (Å²) in [6.45, 7) is 2.26. The molecule has 0 aromatic heterocycles. The van der Waals surface area contributed by atoms with Crippen LogP contribution >= 0.6 is 22.6 Å². The van der Waals surface area contributed by atoms with Gasteiger partial charge in [0.1, 0.15) is 6.04 Å². The molecule has 7 heteroatoms. The molecule has 1 N–H and O–H groups in total. The van der Waals surface area contributed by atoms with Crippen LogP contribution in [0.25, 0.3) is 0 Å². The van der Waals surface area contributed by atoms with Crippen LogP contribution in [0, 0.1) is 3.57 Å². The van der Waals surface area contributed by atoms with E-state index in [0.29, 0.717) is 13.1 Å². The van der Waals surface area contributed by atoms with Gasteiger partial charge in [-0.1, -0.05) is 0 Å². The van der Waals surface area contributed by atoms with Crippen LogP contribution in [0.5, 0.6) is 0 Å². The van der Waals surface area contributed by atoms with Crippen LogP contribution in [-0.2, 0) is 14.8 Å². The largest absolute Gasteiger partial charge is 0.353 e. The topological polar surface area (TPSA) is 66.5 Å². The third kappa shape index (κ3) is 2.52. The van der Waals surface area contributed by atoms with E-state index in [9.17, 15) is 13.2 Å². The van der Waals surface area contributed by atoms with Gasteiger partial charge in [-0.05, 0) is 53.8 Å². The van der Waals surface area contributed by atoms with Gasteiger partial charge in [-0.3, -0.25) is 4.79 Å². The number of carbonyl (C=O) groups excluding carboxylic acids is 1. The van der Waals surface area contributed by atoms with Crippen molar-refractivity contribution in [3.8, 4) is 0 Å². The Hall–Kier alpha value is -0.670. The molecule has 1 heterocycles. The minimum absolute atomic E-state index is 0.226. The molecule has 1 aromatic carbocycles. The zero-order valence-corrected chi connectivity index (χ0v) is 12.7. The lowest BCUT2D eigenvalue weighted by atomic mass is 10.2. The first-order valence-corrected chi connectivity index (χ1v) is 8.00. The second-order valence-electron chi connectivity index (χ2n) is 4.04. The minimum atomic E-state index is -3.59. The highest BCUT2D eigenvalue weighted by Gasteiger charge is 2.35. The zero-order chi connectivity index (χ0) is 13.3. The molecule has 0 bridgehead atoms. The highest BCUT2D eigenvalue weighted by Crippen LogP contribution is 2.20. The monoisotopic (exact) mass is 380 g/mol. The lowest BCUT2D eigenvalue weighted by Gasteiger charge is -2.31. The summed E-state index contributed by atoms with van der Waals surface area (Å²) in [5.74, 6) is -0.254. The van der Waals surface area contributed by atoms with Crippen molar-refractivity contribution in [2.45, 2.75) is 17.9 Å². The van der Waals surface area contributed by atoms with Crippen LogP contribution < -0.4 is 5.32 Å². The number of hydrogen-bond donors (Lipinski definition) is 1. The normalized spacial score (nSPS) is 21.7. The fourth-order valence-electron chi connectivity index (χ4n) is 1.83. The Balaban J connectivity index is 2.36. The molecule has 1 fully saturated rings. The Bertz CT molecular complexity index is 556. The molecule has 1 aromatic rings. The predicted octanol–water partition coefficient (Wildman–Crippen LogP) is 0.800. The number of amides is 1. The summed E-state index contributed by atoms with van der Waals surface area (Å²) < 4.78 is 27.0. The number of benzene rings is 1. The fourth-order valence-corrected chi connectivity index (χ4v) is 3.79. The molecular weight excluding hydrogens is 367 g/mol. The summed E-state index contributed by atoms with van der Waals surface area (Å²) in [6, 6.07) is 5.94. The summed E-state index contributed by atoms with van der Waals surface area (Å²) >= 11 is 2.11. The molecule has 1 atom stereocenters. The third-order valence-electron chi connectivity index (χ3n) is 2.86. The van der Waals surface area contributed by atoms with Crippen molar-refractivity contribution < 1.29 is 13.2 Å². The first-order valence-electron chi connectivity index (χ1n) is 5.48. The van der Waals surface area contributed by atoms with Crippen molar-refractivity contribution >= 4 is 38.5 Å². The second-order valence-corrected chi connectivity index (χ2v) is 7.17. The Kier molecular flexibility index (Phi) is 3.93. The molecule has 1 aliphatic heterocycles. The Labute approximate surface area is 120 Å². The van der Waals surface area contributed by atoms with Crippen molar-refractivity contribution in [1.82, 2.24) is 9.62 Å². The minimum Gasteiger partial charge on any atom is -0.353 e. The number of rotatable bonds is 2. The lowest BCUT2D eigenvalue weighted by molar-refractivity contribution is -0.126. The summed E-state index contributed by atoms with van der Waals surface area (Å²) in [4.78, 5) is 11.7. The van der Waals surface area contributed by atoms with E-state index in [-0.39, 0.29) is 10.8 Å². The summed E-state index contributed by atoms with van der Waals surface area (Å²) in [6.07, 6.45) is 0. The Morgan fingerprint density at radius 2 is 1.94 bits per heavy atom. The first-order chi connectivity index (χ1) is 8.43. The number of halogens is 1. The Morgan fingerprint density at radius 1 is 1.33 bits per heavy atom. The molecule has 0 spiro atoms. The maximum atomic E-state index is 12.4. The number of hydrogen-bond acceptors (Lipinski definition) is 3. The van der Waals surface area contributed by atoms with Gasteiger partial charge in [0.15, 0.2) is 0 Å². The lowest BCUT2D eigenvalue weighted by Crippen LogP contribution is -2.55. The van der Waals surface area contributed by atoms with Crippen LogP contribution in [0.2, 0.25) is 0 Å². The van der Waals surface area contributed by atoms with E-state index >= 15 is 0 Å². The van der Waals surface area contributed by atoms with Gasteiger partial charge in [-0.2, -0.15) is 4.31 Å². The first kappa shape index (κ1) is 13.8. The van der Waals surface area contributed by atoms with E-state index in [1.165, 1.54) is 4.31 Å². The van der Waals surface area contributed by atoms with Crippen molar-refractivity contribution in [2.75, 3.05) is 13.1 Å². The molecule has 0 radical (unpaired) electrons. The molecule has 1 aliphatic rings. The highest BCUT2D eigenvalue weighted by molar-refractivity contribution is 14.1. The van der Waals surface area contributed by atoms with Crippen molar-refractivity contribution in [3.63, 3.8) is 0 Å². The molecular formula is C11H13IN2O3S. The number of nitrogens with zero attached hydrogens (tertiary/aromatic N) is 1. The van der Waals surface area contributed by atoms with Crippen molar-refractivity contribution in [2.24, 2.45) is 0 Å². The molecule has 0 saturated carbocycles. The van der Waals surface area contributed by atoms with Gasteiger partial charge >= 0.3 is 0 Å². The van der Waals surface area contributed by atoms with Crippen molar-refractivity contribution in [1.29, 1.82) is 0 Å². The van der Waals surface area contributed by atoms with E-state index in [0.717, 1.165) is 3.57 Å². The third-order valence-corrected chi connectivity index (χ3v) is 5.57. The maximum absolute atomic E-state index is 12.4. The van der Waals surface area contributed by atoms with Gasteiger partial charge in [0, 0.05) is 16.7 Å². The molecule has 18 heavy (non-hydrogen) atoms. The van der Waals surface area contributed by atoms with Gasteiger partial charge in [-0.15, -0.1) is 0 Å². The molecule has 1 amide bonds. The molecule has 1 saturated heterocycles. The van der Waals surface area contributed by atoms with Gasteiger partial charge in [0.2, 0.25) is 15.9 Å². The number of sulfonamides is 1. The van der Waals surface area contributed by atoms with Crippen LogP contribution in [0.3, 0.4) is 0 Å². The van der Waals surface area contributed by atoms with Crippen LogP contribution in [0.1, 0.15) is 6.92 Å². The number of nitrogens with one attached hydrogen (secondary N) is 1. The van der Waals surface area contributed by atoms with Gasteiger partial charge in [0.05, 0.1) is 4.90 Å². The summed E-state index contributed by atoms with van der Waals surface area (Å²) in [7, 11) is -3.59. The number of piperazine rings is 1. The van der Waals surface area contributed by atoms with E-state index in [1.807, 2.05) is 0 Å². The predicted molar refractivity (Wildman–Crippen MR) is 75.5 cm³/mol. The van der Waals surface area contributed by atoms with Gasteiger partial charge in [0.25, 0.3) is 0 Å². The average molecular weight is 380 g/mol. The van der Waals surface area contributed by atoms with E-state index in [2.05, 4.69) is 27.9 Å². The smallest absolute Gasteiger partial charge is 0.243 e. The van der Waals surface area contributed by atoms with E-state index in [1.54, 1.807) is 31.2 Å². The second kappa shape index (κ2) is 5.14. The SMILES string of the molecule is CC1C(=O)NCCN1S(=O)(=O)c1ccc(I)cc1. The van der Waals surface area contributed by atoms with Crippen LogP contribution in [-0.4, -0.2) is 37.8 Å². The molecule has 98 valence electrons. The molecule has 5 nitrogen and oxygen atoms in total.